The van der Waals surface area contributed by atoms with Gasteiger partial charge in [-0.05, 0) is 50.9 Å². The van der Waals surface area contributed by atoms with Crippen LogP contribution in [0, 0.1) is 11.7 Å². The second-order valence-electron chi connectivity index (χ2n) is 5.68. The lowest BCUT2D eigenvalue weighted by Gasteiger charge is -2.20. The normalized spacial score (nSPS) is 19.5. The van der Waals surface area contributed by atoms with Gasteiger partial charge in [-0.2, -0.15) is 0 Å². The quantitative estimate of drug-likeness (QED) is 0.819. The van der Waals surface area contributed by atoms with E-state index in [-0.39, 0.29) is 10.8 Å². The zero-order valence-electron chi connectivity index (χ0n) is 12.0. The lowest BCUT2D eigenvalue weighted by atomic mass is 10.1. The molecule has 3 N–H and O–H groups in total. The highest BCUT2D eigenvalue weighted by atomic mass is 32.1. The second-order valence-corrected chi connectivity index (χ2v) is 6.12. The van der Waals surface area contributed by atoms with Gasteiger partial charge in [-0.25, -0.2) is 4.39 Å². The van der Waals surface area contributed by atoms with E-state index in [0.717, 1.165) is 25.3 Å². The van der Waals surface area contributed by atoms with Gasteiger partial charge in [0.15, 0.2) is 0 Å². The number of nitrogens with zero attached hydrogens (tertiary/aromatic N) is 1. The lowest BCUT2D eigenvalue weighted by molar-refractivity contribution is 0.266. The standard InChI is InChI=1S/C15H22FN3S/c1-10(2)19-6-5-11(9-19)8-18-14-4-3-12(16)7-13(14)15(17)20/h3-4,7,10-11,18H,5-6,8-9H2,1-2H3,(H2,17,20). The summed E-state index contributed by atoms with van der Waals surface area (Å²) in [7, 11) is 0. The van der Waals surface area contributed by atoms with E-state index in [0.29, 0.717) is 17.5 Å². The average Bonchev–Trinajstić information content (AvgIpc) is 2.86. The molecule has 1 heterocycles. The van der Waals surface area contributed by atoms with Crippen molar-refractivity contribution in [3.05, 3.63) is 29.6 Å². The molecule has 1 aliphatic heterocycles. The van der Waals surface area contributed by atoms with E-state index >= 15 is 0 Å². The summed E-state index contributed by atoms with van der Waals surface area (Å²) in [6, 6.07) is 5.12. The number of nitrogens with one attached hydrogen (secondary N) is 1. The summed E-state index contributed by atoms with van der Waals surface area (Å²) in [5, 5.41) is 3.36. The first-order chi connectivity index (χ1) is 9.47. The predicted molar refractivity (Wildman–Crippen MR) is 85.6 cm³/mol. The Morgan fingerprint density at radius 1 is 1.55 bits per heavy atom. The Morgan fingerprint density at radius 2 is 2.30 bits per heavy atom. The molecule has 1 atom stereocenters. The molecule has 1 fully saturated rings. The fraction of sp³-hybridized carbons (Fsp3) is 0.533. The van der Waals surface area contributed by atoms with Crippen molar-refractivity contribution in [3.8, 4) is 0 Å². The number of benzene rings is 1. The maximum atomic E-state index is 13.2. The minimum absolute atomic E-state index is 0.224. The summed E-state index contributed by atoms with van der Waals surface area (Å²) in [4.78, 5) is 2.70. The highest BCUT2D eigenvalue weighted by Crippen LogP contribution is 2.21. The summed E-state index contributed by atoms with van der Waals surface area (Å²) in [6.45, 7) is 7.57. The van der Waals surface area contributed by atoms with Gasteiger partial charge >= 0.3 is 0 Å². The molecule has 0 amide bonds. The van der Waals surface area contributed by atoms with Crippen LogP contribution in [0.15, 0.2) is 18.2 Å². The minimum atomic E-state index is -0.315. The molecular weight excluding hydrogens is 273 g/mol. The summed E-state index contributed by atoms with van der Waals surface area (Å²) in [6.07, 6.45) is 1.19. The Morgan fingerprint density at radius 3 is 2.90 bits per heavy atom. The van der Waals surface area contributed by atoms with Crippen molar-refractivity contribution in [1.82, 2.24) is 4.90 Å². The van der Waals surface area contributed by atoms with Gasteiger partial charge in [0.2, 0.25) is 0 Å². The van der Waals surface area contributed by atoms with Crippen LogP contribution in [0.4, 0.5) is 10.1 Å². The van der Waals surface area contributed by atoms with Gasteiger partial charge in [0, 0.05) is 30.4 Å². The van der Waals surface area contributed by atoms with Crippen molar-refractivity contribution >= 4 is 22.9 Å². The molecule has 1 aliphatic rings. The van der Waals surface area contributed by atoms with Gasteiger partial charge in [0.05, 0.1) is 0 Å². The zero-order valence-corrected chi connectivity index (χ0v) is 12.8. The third-order valence-electron chi connectivity index (χ3n) is 3.88. The first-order valence-corrected chi connectivity index (χ1v) is 7.45. The summed E-state index contributed by atoms with van der Waals surface area (Å²) >= 11 is 4.97. The van der Waals surface area contributed by atoms with E-state index in [2.05, 4.69) is 24.1 Å². The van der Waals surface area contributed by atoms with Crippen molar-refractivity contribution in [2.45, 2.75) is 26.3 Å². The maximum Gasteiger partial charge on any atom is 0.124 e. The van der Waals surface area contributed by atoms with E-state index in [1.807, 2.05) is 0 Å². The van der Waals surface area contributed by atoms with Crippen molar-refractivity contribution in [1.29, 1.82) is 0 Å². The maximum absolute atomic E-state index is 13.2. The van der Waals surface area contributed by atoms with Gasteiger partial charge < -0.3 is 16.0 Å². The summed E-state index contributed by atoms with van der Waals surface area (Å²) < 4.78 is 13.2. The number of likely N-dealkylation sites (tertiary alicyclic amines) is 1. The molecular formula is C15H22FN3S. The van der Waals surface area contributed by atoms with Gasteiger partial charge in [-0.15, -0.1) is 0 Å². The summed E-state index contributed by atoms with van der Waals surface area (Å²) in [5.41, 5.74) is 7.05. The monoisotopic (exact) mass is 295 g/mol. The van der Waals surface area contributed by atoms with Crippen LogP contribution in [0.2, 0.25) is 0 Å². The molecule has 20 heavy (non-hydrogen) atoms. The van der Waals surface area contributed by atoms with Crippen LogP contribution in [0.3, 0.4) is 0 Å². The van der Waals surface area contributed by atoms with E-state index in [1.165, 1.54) is 18.6 Å². The number of thiocarbonyl (C=S) groups is 1. The molecule has 0 radical (unpaired) electrons. The van der Waals surface area contributed by atoms with Crippen LogP contribution < -0.4 is 11.1 Å². The fourth-order valence-electron chi connectivity index (χ4n) is 2.63. The number of rotatable bonds is 5. The molecule has 1 unspecified atom stereocenters. The Labute approximate surface area is 125 Å². The molecule has 2 rings (SSSR count). The zero-order chi connectivity index (χ0) is 14.7. The molecule has 0 spiro atoms. The van der Waals surface area contributed by atoms with Crippen LogP contribution in [0.5, 0.6) is 0 Å². The van der Waals surface area contributed by atoms with Crippen LogP contribution in [0.1, 0.15) is 25.8 Å². The molecule has 1 saturated heterocycles. The summed E-state index contributed by atoms with van der Waals surface area (Å²) in [5.74, 6) is 0.298. The number of anilines is 1. The van der Waals surface area contributed by atoms with Gasteiger partial charge in [-0.3, -0.25) is 0 Å². The molecule has 110 valence electrons. The molecule has 0 saturated carbocycles. The number of hydrogen-bond acceptors (Lipinski definition) is 3. The Bertz CT molecular complexity index is 490. The molecule has 0 aromatic heterocycles. The number of halogens is 1. The van der Waals surface area contributed by atoms with Crippen LogP contribution in [-0.4, -0.2) is 35.6 Å². The van der Waals surface area contributed by atoms with E-state index in [1.54, 1.807) is 6.07 Å². The molecule has 1 aromatic carbocycles. The Hall–Kier alpha value is -1.20. The van der Waals surface area contributed by atoms with E-state index in [4.69, 9.17) is 18.0 Å². The predicted octanol–water partition coefficient (Wildman–Crippen LogP) is 2.60. The molecule has 1 aromatic rings. The van der Waals surface area contributed by atoms with Crippen molar-refractivity contribution < 1.29 is 4.39 Å². The van der Waals surface area contributed by atoms with Crippen LogP contribution in [0.25, 0.3) is 0 Å². The van der Waals surface area contributed by atoms with Gasteiger partial charge in [0.25, 0.3) is 0 Å². The number of nitrogens with two attached hydrogens (primary N) is 1. The molecule has 0 bridgehead atoms. The highest BCUT2D eigenvalue weighted by molar-refractivity contribution is 7.80. The van der Waals surface area contributed by atoms with Crippen molar-refractivity contribution in [2.24, 2.45) is 11.7 Å². The molecule has 5 heteroatoms. The van der Waals surface area contributed by atoms with Crippen molar-refractivity contribution in [3.63, 3.8) is 0 Å². The fourth-order valence-corrected chi connectivity index (χ4v) is 2.80. The first-order valence-electron chi connectivity index (χ1n) is 7.04. The number of hydrogen-bond donors (Lipinski definition) is 2. The molecule has 0 aliphatic carbocycles. The molecule has 3 nitrogen and oxygen atoms in total. The van der Waals surface area contributed by atoms with Crippen LogP contribution in [-0.2, 0) is 0 Å². The lowest BCUT2D eigenvalue weighted by Crippen LogP contribution is -2.29. The SMILES string of the molecule is CC(C)N1CCC(CNc2ccc(F)cc2C(N)=S)C1. The topological polar surface area (TPSA) is 41.3 Å². The van der Waals surface area contributed by atoms with Crippen molar-refractivity contribution in [2.75, 3.05) is 25.0 Å². The Kier molecular flexibility index (Phi) is 4.94. The largest absolute Gasteiger partial charge is 0.389 e. The van der Waals surface area contributed by atoms with E-state index < -0.39 is 0 Å². The van der Waals surface area contributed by atoms with Gasteiger partial charge in [-0.1, -0.05) is 12.2 Å². The average molecular weight is 295 g/mol. The van der Waals surface area contributed by atoms with Gasteiger partial charge in [0.1, 0.15) is 10.8 Å². The smallest absolute Gasteiger partial charge is 0.124 e. The third kappa shape index (κ3) is 3.67. The third-order valence-corrected chi connectivity index (χ3v) is 4.10. The Balaban J connectivity index is 1.96. The highest BCUT2D eigenvalue weighted by Gasteiger charge is 2.24. The first kappa shape index (κ1) is 15.2. The van der Waals surface area contributed by atoms with Crippen LogP contribution >= 0.6 is 12.2 Å². The minimum Gasteiger partial charge on any atom is -0.389 e. The second kappa shape index (κ2) is 6.50. The van der Waals surface area contributed by atoms with E-state index in [9.17, 15) is 4.39 Å².